The molecule has 0 aliphatic heterocycles. The zero-order chi connectivity index (χ0) is 15.0. The summed E-state index contributed by atoms with van der Waals surface area (Å²) in [5.74, 6) is 1.77. The number of hydrogen-bond donors (Lipinski definition) is 2. The molecule has 3 rings (SSSR count). The Labute approximate surface area is 127 Å². The summed E-state index contributed by atoms with van der Waals surface area (Å²) < 4.78 is 5.87. The van der Waals surface area contributed by atoms with Gasteiger partial charge >= 0.3 is 0 Å². The van der Waals surface area contributed by atoms with Crippen LogP contribution in [0.1, 0.15) is 25.5 Å². The van der Waals surface area contributed by atoms with E-state index >= 15 is 0 Å². The number of benzene rings is 1. The van der Waals surface area contributed by atoms with Crippen molar-refractivity contribution in [1.29, 1.82) is 0 Å². The average Bonchev–Trinajstić information content (AvgIpc) is 2.91. The van der Waals surface area contributed by atoms with E-state index in [0.29, 0.717) is 16.5 Å². The van der Waals surface area contributed by atoms with Crippen LogP contribution in [0.2, 0.25) is 0 Å². The summed E-state index contributed by atoms with van der Waals surface area (Å²) in [5, 5.41) is 6.83. The molecular weight excluding hydrogens is 284 g/mol. The molecule has 0 atom stereocenters. The van der Waals surface area contributed by atoms with Gasteiger partial charge in [0.15, 0.2) is 5.82 Å². The molecule has 2 aromatic heterocycles. The van der Waals surface area contributed by atoms with Crippen LogP contribution in [0.5, 0.6) is 5.75 Å². The van der Waals surface area contributed by atoms with Gasteiger partial charge in [0.2, 0.25) is 4.77 Å². The Balaban J connectivity index is 2.38. The van der Waals surface area contributed by atoms with Gasteiger partial charge in [-0.25, -0.2) is 4.98 Å². The number of hydrogen-bond acceptors (Lipinski definition) is 4. The number of H-pyrrole nitrogens is 2. The number of ether oxygens (including phenoxy) is 1. The van der Waals surface area contributed by atoms with E-state index in [1.54, 1.807) is 7.11 Å². The van der Waals surface area contributed by atoms with E-state index in [0.717, 1.165) is 27.9 Å². The van der Waals surface area contributed by atoms with E-state index in [2.05, 4.69) is 29.0 Å². The predicted octanol–water partition coefficient (Wildman–Crippen LogP) is 3.81. The molecule has 1 aromatic carbocycles. The first-order valence-corrected chi connectivity index (χ1v) is 7.13. The van der Waals surface area contributed by atoms with Crippen LogP contribution in [-0.2, 0) is 0 Å². The van der Waals surface area contributed by atoms with E-state index in [1.807, 2.05) is 24.3 Å². The van der Waals surface area contributed by atoms with E-state index in [4.69, 9.17) is 21.9 Å². The van der Waals surface area contributed by atoms with Crippen LogP contribution in [-0.4, -0.2) is 27.3 Å². The molecule has 3 aromatic rings. The first-order chi connectivity index (χ1) is 10.1. The van der Waals surface area contributed by atoms with Crippen molar-refractivity contribution in [1.82, 2.24) is 20.2 Å². The molecule has 0 saturated carbocycles. The standard InChI is InChI=1S/C15H16N4OS/c1-8(2)11-7-10(14-17-15(21)19-18-14)9-5-4-6-12(20-3)13(9)16-11/h4-8H,1-3H3,(H2,17,18,19,21). The van der Waals surface area contributed by atoms with Crippen LogP contribution < -0.4 is 4.74 Å². The first-order valence-electron chi connectivity index (χ1n) is 6.73. The van der Waals surface area contributed by atoms with Crippen LogP contribution >= 0.6 is 12.2 Å². The third-order valence-electron chi connectivity index (χ3n) is 3.39. The molecule has 108 valence electrons. The van der Waals surface area contributed by atoms with E-state index in [-0.39, 0.29) is 0 Å². The summed E-state index contributed by atoms with van der Waals surface area (Å²) in [6, 6.07) is 7.92. The third kappa shape index (κ3) is 2.42. The summed E-state index contributed by atoms with van der Waals surface area (Å²) in [4.78, 5) is 9.06. The van der Waals surface area contributed by atoms with Crippen molar-refractivity contribution in [2.75, 3.05) is 7.11 Å². The number of para-hydroxylation sites is 1. The Kier molecular flexibility index (Phi) is 3.47. The molecule has 0 aliphatic rings. The highest BCUT2D eigenvalue weighted by molar-refractivity contribution is 7.71. The van der Waals surface area contributed by atoms with Gasteiger partial charge in [0.05, 0.1) is 7.11 Å². The maximum Gasteiger partial charge on any atom is 0.213 e. The molecule has 0 fully saturated rings. The molecule has 0 spiro atoms. The van der Waals surface area contributed by atoms with Crippen molar-refractivity contribution < 1.29 is 4.74 Å². The Hall–Kier alpha value is -2.21. The van der Waals surface area contributed by atoms with Crippen LogP contribution in [0.3, 0.4) is 0 Å². The Morgan fingerprint density at radius 2 is 2.00 bits per heavy atom. The molecule has 2 heterocycles. The maximum atomic E-state index is 5.44. The predicted molar refractivity (Wildman–Crippen MR) is 85.2 cm³/mol. The fraction of sp³-hybridized carbons (Fsp3) is 0.267. The lowest BCUT2D eigenvalue weighted by molar-refractivity contribution is 0.419. The number of nitrogens with one attached hydrogen (secondary N) is 2. The normalized spacial score (nSPS) is 11.2. The minimum atomic E-state index is 0.306. The molecule has 2 N–H and O–H groups in total. The largest absolute Gasteiger partial charge is 0.494 e. The average molecular weight is 300 g/mol. The summed E-state index contributed by atoms with van der Waals surface area (Å²) in [6.45, 7) is 4.22. The molecular formula is C15H16N4OS. The summed E-state index contributed by atoms with van der Waals surface area (Å²) in [5.41, 5.74) is 2.79. The summed E-state index contributed by atoms with van der Waals surface area (Å²) in [7, 11) is 1.65. The summed E-state index contributed by atoms with van der Waals surface area (Å²) >= 11 is 5.05. The highest BCUT2D eigenvalue weighted by Gasteiger charge is 2.14. The molecule has 0 saturated heterocycles. The van der Waals surface area contributed by atoms with Gasteiger partial charge in [0.1, 0.15) is 11.3 Å². The smallest absolute Gasteiger partial charge is 0.213 e. The van der Waals surface area contributed by atoms with Crippen molar-refractivity contribution in [3.05, 3.63) is 34.7 Å². The summed E-state index contributed by atoms with van der Waals surface area (Å²) in [6.07, 6.45) is 0. The van der Waals surface area contributed by atoms with Crippen LogP contribution in [0.15, 0.2) is 24.3 Å². The molecule has 0 aliphatic carbocycles. The number of aromatic amines is 2. The van der Waals surface area contributed by atoms with E-state index < -0.39 is 0 Å². The molecule has 0 amide bonds. The lowest BCUT2D eigenvalue weighted by Crippen LogP contribution is -1.98. The molecule has 21 heavy (non-hydrogen) atoms. The highest BCUT2D eigenvalue weighted by Crippen LogP contribution is 2.33. The van der Waals surface area contributed by atoms with Crippen LogP contribution in [0, 0.1) is 4.77 Å². The number of pyridine rings is 1. The SMILES string of the molecule is COc1cccc2c(-c3nc(=S)[nH][nH]3)cc(C(C)C)nc12. The van der Waals surface area contributed by atoms with Gasteiger partial charge in [0.25, 0.3) is 0 Å². The van der Waals surface area contributed by atoms with Crippen molar-refractivity contribution in [3.8, 4) is 17.1 Å². The van der Waals surface area contributed by atoms with Crippen LogP contribution in [0.25, 0.3) is 22.3 Å². The second-order valence-corrected chi connectivity index (χ2v) is 5.51. The highest BCUT2D eigenvalue weighted by atomic mass is 32.1. The van der Waals surface area contributed by atoms with Crippen molar-refractivity contribution in [2.24, 2.45) is 0 Å². The maximum absolute atomic E-state index is 5.44. The zero-order valence-electron chi connectivity index (χ0n) is 12.1. The number of aromatic nitrogens is 4. The topological polar surface area (TPSA) is 66.6 Å². The van der Waals surface area contributed by atoms with Gasteiger partial charge in [-0.2, -0.15) is 4.98 Å². The van der Waals surface area contributed by atoms with E-state index in [1.165, 1.54) is 0 Å². The van der Waals surface area contributed by atoms with Gasteiger partial charge < -0.3 is 4.74 Å². The van der Waals surface area contributed by atoms with Gasteiger partial charge in [-0.3, -0.25) is 10.2 Å². The van der Waals surface area contributed by atoms with Crippen LogP contribution in [0.4, 0.5) is 0 Å². The van der Waals surface area contributed by atoms with Gasteiger partial charge in [-0.15, -0.1) is 0 Å². The zero-order valence-corrected chi connectivity index (χ0v) is 12.9. The fourth-order valence-electron chi connectivity index (χ4n) is 2.30. The minimum Gasteiger partial charge on any atom is -0.494 e. The number of nitrogens with zero attached hydrogens (tertiary/aromatic N) is 2. The molecule has 0 radical (unpaired) electrons. The molecule has 0 bridgehead atoms. The van der Waals surface area contributed by atoms with Crippen molar-refractivity contribution in [3.63, 3.8) is 0 Å². The molecule has 0 unspecified atom stereocenters. The van der Waals surface area contributed by atoms with Gasteiger partial charge in [0, 0.05) is 16.6 Å². The first kappa shape index (κ1) is 13.8. The third-order valence-corrected chi connectivity index (χ3v) is 3.58. The molecule has 6 heteroatoms. The Morgan fingerprint density at radius 3 is 2.62 bits per heavy atom. The van der Waals surface area contributed by atoms with Gasteiger partial charge in [-0.1, -0.05) is 26.0 Å². The number of rotatable bonds is 3. The Bertz CT molecular complexity index is 850. The Morgan fingerprint density at radius 1 is 1.19 bits per heavy atom. The van der Waals surface area contributed by atoms with Crippen molar-refractivity contribution >= 4 is 23.1 Å². The van der Waals surface area contributed by atoms with Gasteiger partial charge in [-0.05, 0) is 30.3 Å². The second kappa shape index (κ2) is 5.29. The lowest BCUT2D eigenvalue weighted by Gasteiger charge is -2.12. The second-order valence-electron chi connectivity index (χ2n) is 5.12. The minimum absolute atomic E-state index is 0.306. The molecule has 5 nitrogen and oxygen atoms in total. The quantitative estimate of drug-likeness (QED) is 0.722. The monoisotopic (exact) mass is 300 g/mol. The number of methoxy groups -OCH3 is 1. The fourth-order valence-corrected chi connectivity index (χ4v) is 2.44. The number of fused-ring (bicyclic) bond motifs is 1. The van der Waals surface area contributed by atoms with Crippen molar-refractivity contribution in [2.45, 2.75) is 19.8 Å². The van der Waals surface area contributed by atoms with E-state index in [9.17, 15) is 0 Å². The lowest BCUT2D eigenvalue weighted by atomic mass is 10.0.